The minimum Gasteiger partial charge on any atom is -0.481 e. The van der Waals surface area contributed by atoms with Crippen molar-refractivity contribution < 1.29 is 32.7 Å². The molecule has 0 unspecified atom stereocenters. The number of aliphatic carboxylic acids is 1. The molecule has 0 spiro atoms. The lowest BCUT2D eigenvalue weighted by Crippen LogP contribution is -2.43. The van der Waals surface area contributed by atoms with Gasteiger partial charge in [-0.3, -0.25) is 19.2 Å². The normalized spacial score (nSPS) is 12.1. The first kappa shape index (κ1) is 25.8. The highest BCUT2D eigenvalue weighted by Crippen LogP contribution is 2.21. The van der Waals surface area contributed by atoms with Gasteiger partial charge in [-0.1, -0.05) is 29.8 Å². The zero-order valence-corrected chi connectivity index (χ0v) is 19.9. The van der Waals surface area contributed by atoms with Crippen molar-refractivity contribution >= 4 is 68.3 Å². The number of carbonyl (C=O) groups excluding carboxylic acids is 3. The maximum atomic E-state index is 12.5. The lowest BCUT2D eigenvalue weighted by Gasteiger charge is -2.15. The average Bonchev–Trinajstić information content (AvgIpc) is 3.18. The Bertz CT molecular complexity index is 1130. The minimum atomic E-state index is -3.77. The van der Waals surface area contributed by atoms with Gasteiger partial charge in [-0.15, -0.1) is 23.1 Å². The van der Waals surface area contributed by atoms with Crippen molar-refractivity contribution in [3.8, 4) is 0 Å². The second kappa shape index (κ2) is 11.5. The van der Waals surface area contributed by atoms with E-state index in [2.05, 4.69) is 5.32 Å². The number of Topliss-reactive ketones (excluding diaryl/α,β-unsaturated/α-hetero) is 1. The highest BCUT2D eigenvalue weighted by molar-refractivity contribution is 7.99. The van der Waals surface area contributed by atoms with Crippen molar-refractivity contribution in [1.82, 2.24) is 10.0 Å². The van der Waals surface area contributed by atoms with E-state index in [0.717, 1.165) is 11.8 Å². The van der Waals surface area contributed by atoms with Crippen LogP contribution in [0.2, 0.25) is 5.02 Å². The molecule has 0 fully saturated rings. The third kappa shape index (κ3) is 8.26. The number of thiophene rings is 1. The Morgan fingerprint density at radius 3 is 2.31 bits per heavy atom. The number of hydrogen-bond acceptors (Lipinski definition) is 8. The summed E-state index contributed by atoms with van der Waals surface area (Å²) < 4.78 is 24.1. The van der Waals surface area contributed by atoms with Crippen molar-refractivity contribution in [3.05, 3.63) is 56.7 Å². The van der Waals surface area contributed by atoms with E-state index in [1.54, 1.807) is 16.9 Å². The molecule has 32 heavy (non-hydrogen) atoms. The molecular weight excluding hydrogens is 500 g/mol. The predicted octanol–water partition coefficient (Wildman–Crippen LogP) is 2.17. The summed E-state index contributed by atoms with van der Waals surface area (Å²) in [5.41, 5.74) is 0.823. The highest BCUT2D eigenvalue weighted by atomic mass is 35.5. The molecule has 2 aromatic rings. The van der Waals surface area contributed by atoms with Crippen LogP contribution < -0.4 is 10.0 Å². The molecule has 1 aromatic carbocycles. The summed E-state index contributed by atoms with van der Waals surface area (Å²) in [7, 11) is -3.77. The number of ketones is 1. The number of carbonyl (C=O) groups is 4. The summed E-state index contributed by atoms with van der Waals surface area (Å²) in [4.78, 5) is 48.0. The van der Waals surface area contributed by atoms with Gasteiger partial charge in [0.05, 0.1) is 34.2 Å². The molecule has 1 heterocycles. The Labute approximate surface area is 197 Å². The van der Waals surface area contributed by atoms with E-state index in [4.69, 9.17) is 16.7 Å². The molecule has 0 saturated carbocycles. The van der Waals surface area contributed by atoms with Crippen LogP contribution in [0.3, 0.4) is 0 Å². The Morgan fingerprint density at radius 2 is 1.72 bits per heavy atom. The maximum absolute atomic E-state index is 12.5. The van der Waals surface area contributed by atoms with E-state index in [-0.39, 0.29) is 15.5 Å². The molecule has 0 aliphatic heterocycles. The van der Waals surface area contributed by atoms with Crippen molar-refractivity contribution in [2.45, 2.75) is 18.2 Å². The van der Waals surface area contributed by atoms with E-state index in [9.17, 15) is 27.6 Å². The Hall–Kier alpha value is -2.41. The second-order valence-electron chi connectivity index (χ2n) is 6.54. The highest BCUT2D eigenvalue weighted by Gasteiger charge is 2.25. The first-order valence-electron chi connectivity index (χ1n) is 8.94. The molecule has 1 atom stereocenters. The lowest BCUT2D eigenvalue weighted by molar-refractivity contribution is -0.139. The number of nitrogens with one attached hydrogen (secondary N) is 2. The third-order valence-corrected chi connectivity index (χ3v) is 6.88. The largest absolute Gasteiger partial charge is 0.481 e. The predicted molar refractivity (Wildman–Crippen MR) is 123 cm³/mol. The second-order valence-corrected chi connectivity index (χ2v) is 10.8. The molecule has 3 N–H and O–H groups in total. The Balaban J connectivity index is 2.01. The van der Waals surface area contributed by atoms with E-state index >= 15 is 0 Å². The summed E-state index contributed by atoms with van der Waals surface area (Å²) in [5, 5.41) is 12.0. The van der Waals surface area contributed by atoms with Gasteiger partial charge < -0.3 is 10.4 Å². The summed E-state index contributed by atoms with van der Waals surface area (Å²) >= 11 is 8.02. The van der Waals surface area contributed by atoms with Crippen molar-refractivity contribution in [2.75, 3.05) is 12.0 Å². The number of hydrogen-bond donors (Lipinski definition) is 3. The van der Waals surface area contributed by atoms with Gasteiger partial charge in [0.25, 0.3) is 11.8 Å². The molecule has 0 radical (unpaired) electrons. The minimum absolute atomic E-state index is 0.0237. The zero-order valence-electron chi connectivity index (χ0n) is 16.7. The first-order valence-corrected chi connectivity index (χ1v) is 13.2. The van der Waals surface area contributed by atoms with Crippen LogP contribution in [0.15, 0.2) is 36.4 Å². The molecule has 2 amide bonds. The fourth-order valence-electron chi connectivity index (χ4n) is 2.43. The fourth-order valence-corrected chi connectivity index (χ4v) is 5.00. The topological polar surface area (TPSA) is 147 Å². The zero-order chi connectivity index (χ0) is 23.9. The van der Waals surface area contributed by atoms with Gasteiger partial charge in [-0.25, -0.2) is 13.1 Å². The SMILES string of the molecule is CS(=O)(=O)NC(=O)c1ccc(C(=O)N[C@@H](CC(=O)O)C(=O)CSCc2ccccc2Cl)s1. The molecule has 0 aliphatic rings. The van der Waals surface area contributed by atoms with Crippen LogP contribution in [0.4, 0.5) is 0 Å². The number of rotatable bonds is 11. The van der Waals surface area contributed by atoms with Crippen LogP contribution in [-0.4, -0.2) is 55.1 Å². The van der Waals surface area contributed by atoms with Gasteiger partial charge in [-0.2, -0.15) is 0 Å². The van der Waals surface area contributed by atoms with Crippen LogP contribution in [0.25, 0.3) is 0 Å². The lowest BCUT2D eigenvalue weighted by atomic mass is 10.1. The number of carboxylic acids is 1. The van der Waals surface area contributed by atoms with Gasteiger partial charge in [0, 0.05) is 10.8 Å². The number of amides is 2. The summed E-state index contributed by atoms with van der Waals surface area (Å²) in [6.45, 7) is 0. The van der Waals surface area contributed by atoms with E-state index in [0.29, 0.717) is 22.1 Å². The molecule has 0 bridgehead atoms. The molecular formula is C19H19ClN2O7S3. The Kier molecular flexibility index (Phi) is 9.25. The third-order valence-electron chi connectivity index (χ3n) is 3.86. The molecule has 13 heteroatoms. The molecule has 2 rings (SSSR count). The smallest absolute Gasteiger partial charge is 0.305 e. The standard InChI is InChI=1S/C19H19ClN2O7S3/c1-32(28,29)22-19(27)16-7-6-15(31-16)18(26)21-13(8-17(24)25)14(23)10-30-9-11-4-2-3-5-12(11)20/h2-7,13H,8-10H2,1H3,(H,21,26)(H,22,27)(H,24,25)/t13-/m0/s1. The fraction of sp³-hybridized carbons (Fsp3) is 0.263. The summed E-state index contributed by atoms with van der Waals surface area (Å²) in [6, 6.07) is 8.39. The molecule has 1 aromatic heterocycles. The average molecular weight is 519 g/mol. The van der Waals surface area contributed by atoms with E-state index in [1.165, 1.54) is 23.9 Å². The summed E-state index contributed by atoms with van der Waals surface area (Å²) in [5.74, 6) is -3.00. The van der Waals surface area contributed by atoms with Gasteiger partial charge in [0.15, 0.2) is 5.78 Å². The van der Waals surface area contributed by atoms with Crippen LogP contribution in [0, 0.1) is 0 Å². The van der Waals surface area contributed by atoms with E-state index in [1.807, 2.05) is 12.1 Å². The van der Waals surface area contributed by atoms with Gasteiger partial charge >= 0.3 is 5.97 Å². The first-order chi connectivity index (χ1) is 15.0. The molecule has 0 aliphatic carbocycles. The number of carboxylic acid groups (broad SMARTS) is 1. The van der Waals surface area contributed by atoms with Crippen molar-refractivity contribution in [3.63, 3.8) is 0 Å². The van der Waals surface area contributed by atoms with Crippen LogP contribution in [0.1, 0.15) is 31.3 Å². The van der Waals surface area contributed by atoms with Crippen LogP contribution in [0.5, 0.6) is 0 Å². The number of thioether (sulfide) groups is 1. The summed E-state index contributed by atoms with van der Waals surface area (Å²) in [6.07, 6.45) is 0.210. The van der Waals surface area contributed by atoms with Gasteiger partial charge in [0.2, 0.25) is 10.0 Å². The van der Waals surface area contributed by atoms with Gasteiger partial charge in [-0.05, 0) is 23.8 Å². The Morgan fingerprint density at radius 1 is 1.09 bits per heavy atom. The van der Waals surface area contributed by atoms with Crippen molar-refractivity contribution in [2.24, 2.45) is 0 Å². The van der Waals surface area contributed by atoms with Crippen molar-refractivity contribution in [1.29, 1.82) is 0 Å². The number of benzene rings is 1. The maximum Gasteiger partial charge on any atom is 0.305 e. The van der Waals surface area contributed by atoms with Gasteiger partial charge in [0.1, 0.15) is 0 Å². The van der Waals surface area contributed by atoms with Crippen LogP contribution >= 0.6 is 34.7 Å². The molecule has 9 nitrogen and oxygen atoms in total. The van der Waals surface area contributed by atoms with Crippen LogP contribution in [-0.2, 0) is 25.4 Å². The molecule has 172 valence electrons. The quantitative estimate of drug-likeness (QED) is 0.410. The van der Waals surface area contributed by atoms with E-state index < -0.39 is 46.1 Å². The monoisotopic (exact) mass is 518 g/mol. The molecule has 0 saturated heterocycles. The number of halogens is 1. The number of sulfonamides is 1.